The van der Waals surface area contributed by atoms with Crippen LogP contribution in [0, 0.1) is 0 Å². The Labute approximate surface area is 183 Å². The molecule has 2 heterocycles. The Balaban J connectivity index is 1.51. The van der Waals surface area contributed by atoms with Gasteiger partial charge < -0.3 is 28.8 Å². The minimum Gasteiger partial charge on any atom is -0.478 e. The Bertz CT molecular complexity index is 1230. The first-order valence-corrected chi connectivity index (χ1v) is 10.1. The van der Waals surface area contributed by atoms with Crippen molar-refractivity contribution in [2.45, 2.75) is 26.5 Å². The second-order valence-corrected chi connectivity index (χ2v) is 7.09. The zero-order valence-corrected chi connectivity index (χ0v) is 17.6. The number of hydrogen-bond acceptors (Lipinski definition) is 7. The van der Waals surface area contributed by atoms with Crippen molar-refractivity contribution in [1.82, 2.24) is 4.57 Å². The monoisotopic (exact) mass is 438 g/mol. The number of carbonyl (C=O) groups is 2. The number of pyridine rings is 1. The van der Waals surface area contributed by atoms with Gasteiger partial charge in [0.15, 0.2) is 17.6 Å². The van der Waals surface area contributed by atoms with E-state index >= 15 is 0 Å². The van der Waals surface area contributed by atoms with Crippen LogP contribution in [0.1, 0.15) is 13.8 Å². The van der Waals surface area contributed by atoms with Crippen molar-refractivity contribution in [1.29, 1.82) is 0 Å². The number of amides is 1. The molecule has 9 heteroatoms. The average molecular weight is 438 g/mol. The maximum Gasteiger partial charge on any atom is 0.347 e. The largest absolute Gasteiger partial charge is 0.478 e. The molecule has 1 aliphatic rings. The van der Waals surface area contributed by atoms with Gasteiger partial charge in [-0.15, -0.1) is 0 Å². The summed E-state index contributed by atoms with van der Waals surface area (Å²) in [5.74, 6) is 0.697. The van der Waals surface area contributed by atoms with E-state index in [2.05, 4.69) is 5.32 Å². The summed E-state index contributed by atoms with van der Waals surface area (Å²) in [7, 11) is 0. The van der Waals surface area contributed by atoms with E-state index < -0.39 is 12.1 Å². The summed E-state index contributed by atoms with van der Waals surface area (Å²) in [6, 6.07) is 11.7. The van der Waals surface area contributed by atoms with Gasteiger partial charge in [-0.25, -0.2) is 4.79 Å². The molecular weight excluding hydrogens is 416 g/mol. The third kappa shape index (κ3) is 4.36. The van der Waals surface area contributed by atoms with Crippen LogP contribution in [0.25, 0.3) is 10.8 Å². The number of anilines is 1. The van der Waals surface area contributed by atoms with Crippen LogP contribution in [0.15, 0.2) is 53.5 Å². The predicted octanol–water partition coefficient (Wildman–Crippen LogP) is 2.70. The molecule has 0 fully saturated rings. The third-order valence-corrected chi connectivity index (χ3v) is 4.87. The molecule has 166 valence electrons. The van der Waals surface area contributed by atoms with Crippen molar-refractivity contribution in [2.75, 3.05) is 18.7 Å². The van der Waals surface area contributed by atoms with E-state index in [9.17, 15) is 14.4 Å². The van der Waals surface area contributed by atoms with Gasteiger partial charge in [-0.2, -0.15) is 0 Å². The minimum atomic E-state index is -0.824. The average Bonchev–Trinajstić information content (AvgIpc) is 3.24. The summed E-state index contributed by atoms with van der Waals surface area (Å²) in [4.78, 5) is 37.3. The zero-order chi connectivity index (χ0) is 22.7. The van der Waals surface area contributed by atoms with Crippen molar-refractivity contribution >= 4 is 28.3 Å². The molecule has 1 aliphatic heterocycles. The minimum absolute atomic E-state index is 0.142. The second-order valence-electron chi connectivity index (χ2n) is 7.09. The van der Waals surface area contributed by atoms with Gasteiger partial charge in [-0.05, 0) is 44.2 Å². The number of nitrogens with zero attached hydrogens (tertiary/aromatic N) is 1. The summed E-state index contributed by atoms with van der Waals surface area (Å²) in [5, 5.41) is 3.66. The third-order valence-electron chi connectivity index (χ3n) is 4.87. The van der Waals surface area contributed by atoms with Crippen LogP contribution in [0.2, 0.25) is 0 Å². The van der Waals surface area contributed by atoms with Crippen molar-refractivity contribution in [3.05, 3.63) is 59.0 Å². The molecule has 4 rings (SSSR count). The van der Waals surface area contributed by atoms with Gasteiger partial charge in [0.1, 0.15) is 12.3 Å². The molecule has 2 aromatic carbocycles. The number of benzene rings is 2. The van der Waals surface area contributed by atoms with Gasteiger partial charge in [-0.1, -0.05) is 6.07 Å². The lowest BCUT2D eigenvalue weighted by molar-refractivity contribution is -0.150. The number of aromatic nitrogens is 1. The molecule has 32 heavy (non-hydrogen) atoms. The van der Waals surface area contributed by atoms with Crippen LogP contribution in [-0.2, 0) is 20.9 Å². The van der Waals surface area contributed by atoms with Crippen LogP contribution >= 0.6 is 0 Å². The number of ether oxygens (including phenoxy) is 4. The summed E-state index contributed by atoms with van der Waals surface area (Å²) in [6.45, 7) is 3.52. The van der Waals surface area contributed by atoms with Crippen molar-refractivity contribution in [2.24, 2.45) is 0 Å². The Kier molecular flexibility index (Phi) is 5.98. The zero-order valence-electron chi connectivity index (χ0n) is 17.6. The molecule has 0 spiro atoms. The Hall–Kier alpha value is -4.01. The van der Waals surface area contributed by atoms with Crippen molar-refractivity contribution in [3.63, 3.8) is 0 Å². The molecule has 0 radical (unpaired) electrons. The quantitative estimate of drug-likeness (QED) is 0.566. The smallest absolute Gasteiger partial charge is 0.347 e. The SMILES string of the molecule is CCOC(=O)C(C)Oc1cccc2c(=O)n(CC(=O)Nc3ccc4c(c3)OCO4)ccc12. The molecule has 1 N–H and O–H groups in total. The normalized spacial score (nSPS) is 12.9. The Morgan fingerprint density at radius 1 is 1.12 bits per heavy atom. The maximum atomic E-state index is 12.9. The summed E-state index contributed by atoms with van der Waals surface area (Å²) >= 11 is 0. The van der Waals surface area contributed by atoms with E-state index in [-0.39, 0.29) is 31.4 Å². The van der Waals surface area contributed by atoms with Crippen LogP contribution < -0.4 is 25.1 Å². The van der Waals surface area contributed by atoms with E-state index in [1.165, 1.54) is 10.8 Å². The number of carbonyl (C=O) groups excluding carboxylic acids is 2. The van der Waals surface area contributed by atoms with Gasteiger partial charge >= 0.3 is 5.97 Å². The van der Waals surface area contributed by atoms with Gasteiger partial charge in [0.05, 0.1) is 12.0 Å². The van der Waals surface area contributed by atoms with E-state index in [1.54, 1.807) is 56.3 Å². The second kappa shape index (κ2) is 9.01. The molecule has 1 amide bonds. The van der Waals surface area contributed by atoms with E-state index in [4.69, 9.17) is 18.9 Å². The van der Waals surface area contributed by atoms with E-state index in [1.807, 2.05) is 0 Å². The number of esters is 1. The number of rotatable bonds is 7. The fourth-order valence-electron chi connectivity index (χ4n) is 3.34. The van der Waals surface area contributed by atoms with Crippen LogP contribution in [0.5, 0.6) is 17.2 Å². The highest BCUT2D eigenvalue weighted by atomic mass is 16.7. The highest BCUT2D eigenvalue weighted by Gasteiger charge is 2.18. The summed E-state index contributed by atoms with van der Waals surface area (Å²) < 4.78 is 22.5. The van der Waals surface area contributed by atoms with Crippen molar-refractivity contribution in [3.8, 4) is 17.2 Å². The van der Waals surface area contributed by atoms with Gasteiger partial charge in [0.2, 0.25) is 12.7 Å². The molecule has 0 aliphatic carbocycles. The molecular formula is C23H22N2O7. The van der Waals surface area contributed by atoms with E-state index in [0.29, 0.717) is 33.7 Å². The fourth-order valence-corrected chi connectivity index (χ4v) is 3.34. The van der Waals surface area contributed by atoms with Crippen LogP contribution in [0.4, 0.5) is 5.69 Å². The first-order chi connectivity index (χ1) is 15.5. The number of fused-ring (bicyclic) bond motifs is 2. The molecule has 0 bridgehead atoms. The molecule has 0 saturated carbocycles. The first-order valence-electron chi connectivity index (χ1n) is 10.1. The van der Waals surface area contributed by atoms with Crippen LogP contribution in [0.3, 0.4) is 0 Å². The molecule has 1 aromatic heterocycles. The first kappa shape index (κ1) is 21.2. The van der Waals surface area contributed by atoms with Gasteiger partial charge in [-0.3, -0.25) is 9.59 Å². The highest BCUT2D eigenvalue weighted by Crippen LogP contribution is 2.34. The topological polar surface area (TPSA) is 105 Å². The predicted molar refractivity (Wildman–Crippen MR) is 116 cm³/mol. The summed E-state index contributed by atoms with van der Waals surface area (Å²) in [6.07, 6.45) is 0.696. The van der Waals surface area contributed by atoms with E-state index in [0.717, 1.165) is 0 Å². The number of nitrogens with one attached hydrogen (secondary N) is 1. The highest BCUT2D eigenvalue weighted by molar-refractivity contribution is 5.92. The summed E-state index contributed by atoms with van der Waals surface area (Å²) in [5.41, 5.74) is 0.189. The molecule has 0 saturated heterocycles. The Morgan fingerprint density at radius 3 is 2.75 bits per heavy atom. The lowest BCUT2D eigenvalue weighted by Crippen LogP contribution is -2.28. The molecule has 1 unspecified atom stereocenters. The van der Waals surface area contributed by atoms with Gasteiger partial charge in [0, 0.05) is 23.3 Å². The van der Waals surface area contributed by atoms with Crippen molar-refractivity contribution < 1.29 is 28.5 Å². The maximum absolute atomic E-state index is 12.9. The standard InChI is InChI=1S/C23H22N2O7/c1-3-29-23(28)14(2)32-18-6-4-5-17-16(18)9-10-25(22(17)27)12-21(26)24-15-7-8-19-20(11-15)31-13-30-19/h4-11,14H,3,12-13H2,1-2H3,(H,24,26). The molecule has 3 aromatic rings. The number of hydrogen-bond donors (Lipinski definition) is 1. The lowest BCUT2D eigenvalue weighted by Gasteiger charge is -2.15. The fraction of sp³-hybridized carbons (Fsp3) is 0.261. The molecule has 1 atom stereocenters. The lowest BCUT2D eigenvalue weighted by atomic mass is 10.1. The van der Waals surface area contributed by atoms with Crippen LogP contribution in [-0.4, -0.2) is 35.9 Å². The molecule has 9 nitrogen and oxygen atoms in total. The Morgan fingerprint density at radius 2 is 1.94 bits per heavy atom. The van der Waals surface area contributed by atoms with Gasteiger partial charge in [0.25, 0.3) is 5.56 Å².